The SMILES string of the molecule is COc1cc(C=CC(=O)c2c(C)nc3ccc(Br)cc3c2-c2ccccc2)cc(OC)c1OC. The second kappa shape index (κ2) is 10.1. The fourth-order valence-electron chi connectivity index (χ4n) is 4.02. The molecule has 4 aromatic rings. The molecule has 0 aliphatic carbocycles. The molecule has 0 aliphatic rings. The molecule has 0 atom stereocenters. The van der Waals surface area contributed by atoms with Crippen LogP contribution in [0.25, 0.3) is 28.1 Å². The lowest BCUT2D eigenvalue weighted by molar-refractivity contribution is 0.104. The van der Waals surface area contributed by atoms with Gasteiger partial charge in [0.1, 0.15) is 0 Å². The fraction of sp³-hybridized carbons (Fsp3) is 0.143. The van der Waals surface area contributed by atoms with Crippen LogP contribution in [0.4, 0.5) is 0 Å². The summed E-state index contributed by atoms with van der Waals surface area (Å²) in [4.78, 5) is 18.3. The molecule has 6 heteroatoms. The van der Waals surface area contributed by atoms with E-state index in [1.54, 1.807) is 45.6 Å². The van der Waals surface area contributed by atoms with Crippen molar-refractivity contribution in [2.24, 2.45) is 0 Å². The standard InChI is InChI=1S/C28H24BrNO4/c1-17-26(23(31)13-10-18-14-24(32-2)28(34-4)25(15-18)33-3)27(19-8-6-5-7-9-19)21-16-20(29)11-12-22(21)30-17/h5-16H,1-4H3. The second-order valence-corrected chi connectivity index (χ2v) is 8.55. The van der Waals surface area contributed by atoms with E-state index in [0.29, 0.717) is 28.5 Å². The van der Waals surface area contributed by atoms with Crippen molar-refractivity contribution < 1.29 is 19.0 Å². The van der Waals surface area contributed by atoms with E-state index in [-0.39, 0.29) is 5.78 Å². The summed E-state index contributed by atoms with van der Waals surface area (Å²) in [6.07, 6.45) is 3.30. The van der Waals surface area contributed by atoms with Crippen LogP contribution in [0.3, 0.4) is 0 Å². The Bertz CT molecular complexity index is 1370. The Kier molecular flexibility index (Phi) is 6.98. The third-order valence-corrected chi connectivity index (χ3v) is 6.04. The van der Waals surface area contributed by atoms with Gasteiger partial charge in [-0.1, -0.05) is 52.3 Å². The zero-order chi connectivity index (χ0) is 24.2. The number of hydrogen-bond donors (Lipinski definition) is 0. The van der Waals surface area contributed by atoms with Gasteiger partial charge < -0.3 is 14.2 Å². The average molecular weight is 518 g/mol. The van der Waals surface area contributed by atoms with E-state index >= 15 is 0 Å². The Labute approximate surface area is 207 Å². The third kappa shape index (κ3) is 4.54. The Morgan fingerprint density at radius 1 is 0.912 bits per heavy atom. The van der Waals surface area contributed by atoms with Gasteiger partial charge >= 0.3 is 0 Å². The number of aromatic nitrogens is 1. The lowest BCUT2D eigenvalue weighted by Gasteiger charge is -2.15. The van der Waals surface area contributed by atoms with Gasteiger partial charge in [-0.25, -0.2) is 0 Å². The zero-order valence-electron chi connectivity index (χ0n) is 19.4. The summed E-state index contributed by atoms with van der Waals surface area (Å²) in [6.45, 7) is 1.87. The van der Waals surface area contributed by atoms with Gasteiger partial charge in [0.15, 0.2) is 17.3 Å². The van der Waals surface area contributed by atoms with E-state index < -0.39 is 0 Å². The number of allylic oxidation sites excluding steroid dienone is 1. The van der Waals surface area contributed by atoms with Crippen LogP contribution in [0.15, 0.2) is 71.2 Å². The van der Waals surface area contributed by atoms with E-state index in [0.717, 1.165) is 32.1 Å². The number of hydrogen-bond acceptors (Lipinski definition) is 5. The summed E-state index contributed by atoms with van der Waals surface area (Å²) in [7, 11) is 4.67. The van der Waals surface area contributed by atoms with Crippen LogP contribution in [0, 0.1) is 6.92 Å². The van der Waals surface area contributed by atoms with Crippen molar-refractivity contribution in [2.45, 2.75) is 6.92 Å². The highest BCUT2D eigenvalue weighted by Gasteiger charge is 2.19. The van der Waals surface area contributed by atoms with Crippen molar-refractivity contribution in [1.29, 1.82) is 0 Å². The fourth-order valence-corrected chi connectivity index (χ4v) is 4.38. The molecule has 34 heavy (non-hydrogen) atoms. The first kappa shape index (κ1) is 23.5. The first-order valence-electron chi connectivity index (χ1n) is 10.6. The number of aryl methyl sites for hydroxylation is 1. The molecule has 0 spiro atoms. The molecular formula is C28H24BrNO4. The molecule has 0 aliphatic heterocycles. The van der Waals surface area contributed by atoms with Gasteiger partial charge in [-0.2, -0.15) is 0 Å². The molecule has 172 valence electrons. The van der Waals surface area contributed by atoms with E-state index in [9.17, 15) is 4.79 Å². The quantitative estimate of drug-likeness (QED) is 0.197. The minimum Gasteiger partial charge on any atom is -0.493 e. The smallest absolute Gasteiger partial charge is 0.203 e. The van der Waals surface area contributed by atoms with E-state index in [4.69, 9.17) is 19.2 Å². The van der Waals surface area contributed by atoms with Crippen molar-refractivity contribution in [1.82, 2.24) is 4.98 Å². The minimum atomic E-state index is -0.139. The predicted molar refractivity (Wildman–Crippen MR) is 139 cm³/mol. The van der Waals surface area contributed by atoms with Gasteiger partial charge in [-0.05, 0) is 54.5 Å². The number of pyridine rings is 1. The Morgan fingerprint density at radius 2 is 1.59 bits per heavy atom. The number of nitrogens with zero attached hydrogens (tertiary/aromatic N) is 1. The highest BCUT2D eigenvalue weighted by atomic mass is 79.9. The first-order valence-corrected chi connectivity index (χ1v) is 11.4. The molecule has 0 fully saturated rings. The molecule has 0 N–H and O–H groups in total. The molecule has 3 aromatic carbocycles. The molecule has 5 nitrogen and oxygen atoms in total. The van der Waals surface area contributed by atoms with Crippen LogP contribution < -0.4 is 14.2 Å². The normalized spacial score (nSPS) is 11.1. The number of benzene rings is 3. The van der Waals surface area contributed by atoms with Crippen LogP contribution in [-0.2, 0) is 0 Å². The van der Waals surface area contributed by atoms with Crippen molar-refractivity contribution in [3.63, 3.8) is 0 Å². The van der Waals surface area contributed by atoms with Gasteiger partial charge in [-0.15, -0.1) is 0 Å². The molecule has 0 amide bonds. The molecule has 0 bridgehead atoms. The molecule has 0 radical (unpaired) electrons. The molecule has 0 saturated carbocycles. The summed E-state index contributed by atoms with van der Waals surface area (Å²) in [5, 5.41) is 0.913. The molecule has 0 saturated heterocycles. The summed E-state index contributed by atoms with van der Waals surface area (Å²) in [6, 6.07) is 19.4. The molecule has 1 aromatic heterocycles. The van der Waals surface area contributed by atoms with Crippen molar-refractivity contribution in [2.75, 3.05) is 21.3 Å². The number of ketones is 1. The van der Waals surface area contributed by atoms with Crippen molar-refractivity contribution in [3.05, 3.63) is 88.0 Å². The Morgan fingerprint density at radius 3 is 2.21 bits per heavy atom. The van der Waals surface area contributed by atoms with Gasteiger partial charge in [0.2, 0.25) is 5.75 Å². The molecule has 4 rings (SSSR count). The maximum atomic E-state index is 13.6. The Balaban J connectivity index is 1.85. The highest BCUT2D eigenvalue weighted by molar-refractivity contribution is 9.10. The highest BCUT2D eigenvalue weighted by Crippen LogP contribution is 2.39. The third-order valence-electron chi connectivity index (χ3n) is 5.55. The number of ether oxygens (including phenoxy) is 3. The first-order chi connectivity index (χ1) is 16.5. The summed E-state index contributed by atoms with van der Waals surface area (Å²) in [5.41, 5.74) is 4.65. The van der Waals surface area contributed by atoms with Crippen LogP contribution in [-0.4, -0.2) is 32.1 Å². The number of halogens is 1. The second-order valence-electron chi connectivity index (χ2n) is 7.63. The monoisotopic (exact) mass is 517 g/mol. The number of fused-ring (bicyclic) bond motifs is 1. The zero-order valence-corrected chi connectivity index (χ0v) is 21.0. The number of carbonyl (C=O) groups excluding carboxylic acids is 1. The predicted octanol–water partition coefficient (Wildman–Crippen LogP) is 6.89. The largest absolute Gasteiger partial charge is 0.493 e. The Hall–Kier alpha value is -3.64. The maximum Gasteiger partial charge on any atom is 0.203 e. The summed E-state index contributed by atoms with van der Waals surface area (Å²) >= 11 is 3.56. The number of rotatable bonds is 7. The summed E-state index contributed by atoms with van der Waals surface area (Å²) in [5.74, 6) is 1.40. The van der Waals surface area contributed by atoms with Crippen LogP contribution >= 0.6 is 15.9 Å². The van der Waals surface area contributed by atoms with Gasteiger partial charge in [-0.3, -0.25) is 9.78 Å². The van der Waals surface area contributed by atoms with Gasteiger partial charge in [0, 0.05) is 21.1 Å². The molecule has 1 heterocycles. The lowest BCUT2D eigenvalue weighted by Crippen LogP contribution is -2.05. The number of methoxy groups -OCH3 is 3. The van der Waals surface area contributed by atoms with E-state index in [1.165, 1.54) is 0 Å². The lowest BCUT2D eigenvalue weighted by atomic mass is 9.92. The molecule has 0 unspecified atom stereocenters. The van der Waals surface area contributed by atoms with Crippen molar-refractivity contribution in [3.8, 4) is 28.4 Å². The average Bonchev–Trinajstić information content (AvgIpc) is 2.86. The summed E-state index contributed by atoms with van der Waals surface area (Å²) < 4.78 is 17.2. The van der Waals surface area contributed by atoms with Crippen molar-refractivity contribution >= 4 is 38.7 Å². The maximum absolute atomic E-state index is 13.6. The van der Waals surface area contributed by atoms with E-state index in [2.05, 4.69) is 15.9 Å². The van der Waals surface area contributed by atoms with Gasteiger partial charge in [0.25, 0.3) is 0 Å². The van der Waals surface area contributed by atoms with E-state index in [1.807, 2.05) is 55.5 Å². The van der Waals surface area contributed by atoms with Gasteiger partial charge in [0.05, 0.1) is 32.4 Å². The minimum absolute atomic E-state index is 0.139. The molecular weight excluding hydrogens is 494 g/mol. The number of carbonyl (C=O) groups is 1. The topological polar surface area (TPSA) is 57.7 Å². The van der Waals surface area contributed by atoms with Crippen LogP contribution in [0.1, 0.15) is 21.6 Å². The van der Waals surface area contributed by atoms with Crippen LogP contribution in [0.2, 0.25) is 0 Å². The van der Waals surface area contributed by atoms with Crippen LogP contribution in [0.5, 0.6) is 17.2 Å².